The second-order valence-corrected chi connectivity index (χ2v) is 5.22. The van der Waals surface area contributed by atoms with Gasteiger partial charge in [0.1, 0.15) is 5.82 Å². The maximum atomic E-state index is 12.9. The number of benzene rings is 1. The van der Waals surface area contributed by atoms with Crippen molar-refractivity contribution in [3.05, 3.63) is 24.0 Å². The maximum Gasteiger partial charge on any atom is 0.225 e. The van der Waals surface area contributed by atoms with Gasteiger partial charge in [0, 0.05) is 19.5 Å². The summed E-state index contributed by atoms with van der Waals surface area (Å²) in [5.41, 5.74) is 6.37. The Morgan fingerprint density at radius 3 is 3.00 bits per heavy atom. The minimum Gasteiger partial charge on any atom is -0.397 e. The van der Waals surface area contributed by atoms with Crippen LogP contribution in [0.5, 0.6) is 0 Å². The van der Waals surface area contributed by atoms with E-state index in [0.29, 0.717) is 12.1 Å². The van der Waals surface area contributed by atoms with Crippen molar-refractivity contribution in [2.24, 2.45) is 5.92 Å². The molecule has 1 aliphatic heterocycles. The number of nitrogens with two attached hydrogens (primary N) is 1. The minimum atomic E-state index is -0.401. The van der Waals surface area contributed by atoms with E-state index in [2.05, 4.69) is 17.1 Å². The van der Waals surface area contributed by atoms with Gasteiger partial charge in [0.15, 0.2) is 0 Å². The topological polar surface area (TPSA) is 58.4 Å². The Kier molecular flexibility index (Phi) is 4.37. The van der Waals surface area contributed by atoms with Crippen LogP contribution in [0.3, 0.4) is 0 Å². The van der Waals surface area contributed by atoms with E-state index in [1.165, 1.54) is 24.6 Å². The van der Waals surface area contributed by atoms with Crippen LogP contribution < -0.4 is 11.1 Å². The van der Waals surface area contributed by atoms with E-state index in [-0.39, 0.29) is 11.6 Å². The van der Waals surface area contributed by atoms with Crippen molar-refractivity contribution < 1.29 is 9.18 Å². The van der Waals surface area contributed by atoms with Crippen molar-refractivity contribution in [1.29, 1.82) is 0 Å². The Morgan fingerprint density at radius 2 is 2.37 bits per heavy atom. The highest BCUT2D eigenvalue weighted by atomic mass is 19.1. The molecule has 1 aromatic rings. The Hall–Kier alpha value is -1.62. The molecule has 1 unspecified atom stereocenters. The molecule has 5 heteroatoms. The third kappa shape index (κ3) is 3.92. The molecule has 0 spiro atoms. The zero-order valence-electron chi connectivity index (χ0n) is 11.2. The molecule has 1 saturated heterocycles. The maximum absolute atomic E-state index is 12.9. The quantitative estimate of drug-likeness (QED) is 0.819. The second-order valence-electron chi connectivity index (χ2n) is 5.22. The molecule has 3 N–H and O–H groups in total. The second kappa shape index (κ2) is 6.02. The predicted molar refractivity (Wildman–Crippen MR) is 74.3 cm³/mol. The monoisotopic (exact) mass is 265 g/mol. The van der Waals surface area contributed by atoms with E-state index in [9.17, 15) is 9.18 Å². The van der Waals surface area contributed by atoms with Crippen LogP contribution >= 0.6 is 0 Å². The molecule has 0 radical (unpaired) electrons. The number of halogens is 1. The van der Waals surface area contributed by atoms with E-state index in [1.54, 1.807) is 0 Å². The molecule has 4 nitrogen and oxygen atoms in total. The first-order valence-electron chi connectivity index (χ1n) is 6.62. The van der Waals surface area contributed by atoms with Crippen LogP contribution in [-0.4, -0.2) is 30.4 Å². The van der Waals surface area contributed by atoms with Gasteiger partial charge >= 0.3 is 0 Å². The average molecular weight is 265 g/mol. The fraction of sp³-hybridized carbons (Fsp3) is 0.500. The Morgan fingerprint density at radius 1 is 1.58 bits per heavy atom. The van der Waals surface area contributed by atoms with E-state index >= 15 is 0 Å². The molecule has 1 aliphatic rings. The lowest BCUT2D eigenvalue weighted by molar-refractivity contribution is -0.116. The van der Waals surface area contributed by atoms with Gasteiger partial charge in [-0.05, 0) is 37.1 Å². The number of hydrogen-bond donors (Lipinski definition) is 2. The van der Waals surface area contributed by atoms with Gasteiger partial charge in [0.2, 0.25) is 5.91 Å². The smallest absolute Gasteiger partial charge is 0.225 e. The minimum absolute atomic E-state index is 0.0853. The highest BCUT2D eigenvalue weighted by Gasteiger charge is 2.18. The van der Waals surface area contributed by atoms with Crippen molar-refractivity contribution in [1.82, 2.24) is 4.90 Å². The molecule has 104 valence electrons. The summed E-state index contributed by atoms with van der Waals surface area (Å²) < 4.78 is 12.9. The zero-order valence-corrected chi connectivity index (χ0v) is 11.2. The van der Waals surface area contributed by atoms with Crippen molar-refractivity contribution in [2.75, 3.05) is 30.7 Å². The van der Waals surface area contributed by atoms with E-state index in [1.807, 2.05) is 0 Å². The number of amides is 1. The van der Waals surface area contributed by atoms with Crippen LogP contribution in [0.25, 0.3) is 0 Å². The Labute approximate surface area is 112 Å². The van der Waals surface area contributed by atoms with Gasteiger partial charge in [-0.2, -0.15) is 0 Å². The standard InChI is InChI=1S/C14H20FN3O/c1-10-4-6-18(9-10)7-5-14(19)17-13-3-2-11(15)8-12(13)16/h2-3,8,10H,4-7,9,16H2,1H3,(H,17,19). The number of carbonyl (C=O) groups excluding carboxylic acids is 1. The molecular weight excluding hydrogens is 245 g/mol. The van der Waals surface area contributed by atoms with Gasteiger partial charge in [-0.3, -0.25) is 4.79 Å². The molecule has 2 rings (SSSR count). The average Bonchev–Trinajstić information content (AvgIpc) is 2.76. The van der Waals surface area contributed by atoms with Crippen LogP contribution in [-0.2, 0) is 4.79 Å². The van der Waals surface area contributed by atoms with Crippen LogP contribution in [0.1, 0.15) is 19.8 Å². The molecule has 1 aromatic carbocycles. The Bertz CT molecular complexity index is 464. The van der Waals surface area contributed by atoms with E-state index in [0.717, 1.165) is 25.6 Å². The predicted octanol–water partition coefficient (Wildman–Crippen LogP) is 2.08. The van der Waals surface area contributed by atoms with Crippen molar-refractivity contribution in [3.63, 3.8) is 0 Å². The Balaban J connectivity index is 1.81. The lowest BCUT2D eigenvalue weighted by atomic mass is 10.2. The largest absolute Gasteiger partial charge is 0.397 e. The highest BCUT2D eigenvalue weighted by Crippen LogP contribution is 2.19. The number of nitrogens with zero attached hydrogens (tertiary/aromatic N) is 1. The molecule has 1 fully saturated rings. The molecule has 0 aromatic heterocycles. The zero-order chi connectivity index (χ0) is 13.8. The van der Waals surface area contributed by atoms with Gasteiger partial charge < -0.3 is 16.0 Å². The van der Waals surface area contributed by atoms with E-state index in [4.69, 9.17) is 5.73 Å². The normalized spacial score (nSPS) is 19.6. The highest BCUT2D eigenvalue weighted by molar-refractivity contribution is 5.93. The molecule has 0 bridgehead atoms. The number of anilines is 2. The van der Waals surface area contributed by atoms with Gasteiger partial charge in [-0.25, -0.2) is 4.39 Å². The molecule has 19 heavy (non-hydrogen) atoms. The number of nitrogen functional groups attached to an aromatic ring is 1. The molecule has 1 atom stereocenters. The van der Waals surface area contributed by atoms with Crippen LogP contribution in [0, 0.1) is 11.7 Å². The fourth-order valence-electron chi connectivity index (χ4n) is 2.35. The van der Waals surface area contributed by atoms with Crippen molar-refractivity contribution >= 4 is 17.3 Å². The van der Waals surface area contributed by atoms with E-state index < -0.39 is 5.82 Å². The number of rotatable bonds is 4. The summed E-state index contributed by atoms with van der Waals surface area (Å²) in [6.45, 7) is 5.11. The first kappa shape index (κ1) is 13.8. The summed E-state index contributed by atoms with van der Waals surface area (Å²) in [5.74, 6) is 0.232. The summed E-state index contributed by atoms with van der Waals surface area (Å²) >= 11 is 0. The fourth-order valence-corrected chi connectivity index (χ4v) is 2.35. The SMILES string of the molecule is CC1CCN(CCC(=O)Nc2ccc(F)cc2N)C1. The summed E-state index contributed by atoms with van der Waals surface area (Å²) in [7, 11) is 0. The molecule has 1 heterocycles. The van der Waals surface area contributed by atoms with Gasteiger partial charge in [-0.1, -0.05) is 6.92 Å². The summed E-state index contributed by atoms with van der Waals surface area (Å²) in [6.07, 6.45) is 1.63. The van der Waals surface area contributed by atoms with Gasteiger partial charge in [-0.15, -0.1) is 0 Å². The summed E-state index contributed by atoms with van der Waals surface area (Å²) in [6, 6.07) is 3.98. The van der Waals surface area contributed by atoms with Crippen LogP contribution in [0.4, 0.5) is 15.8 Å². The number of hydrogen-bond acceptors (Lipinski definition) is 3. The van der Waals surface area contributed by atoms with Gasteiger partial charge in [0.05, 0.1) is 11.4 Å². The third-order valence-corrected chi connectivity index (χ3v) is 3.45. The molecule has 0 saturated carbocycles. The molecular formula is C14H20FN3O. The lowest BCUT2D eigenvalue weighted by Gasteiger charge is -2.15. The number of likely N-dealkylation sites (tertiary alicyclic amines) is 1. The van der Waals surface area contributed by atoms with Crippen LogP contribution in [0.2, 0.25) is 0 Å². The van der Waals surface area contributed by atoms with Crippen molar-refractivity contribution in [3.8, 4) is 0 Å². The van der Waals surface area contributed by atoms with Crippen molar-refractivity contribution in [2.45, 2.75) is 19.8 Å². The van der Waals surface area contributed by atoms with Crippen LogP contribution in [0.15, 0.2) is 18.2 Å². The number of carbonyl (C=O) groups is 1. The van der Waals surface area contributed by atoms with Gasteiger partial charge in [0.25, 0.3) is 0 Å². The molecule has 0 aliphatic carbocycles. The lowest BCUT2D eigenvalue weighted by Crippen LogP contribution is -2.25. The first-order valence-corrected chi connectivity index (χ1v) is 6.62. The summed E-state index contributed by atoms with van der Waals surface area (Å²) in [4.78, 5) is 14.1. The third-order valence-electron chi connectivity index (χ3n) is 3.45. The summed E-state index contributed by atoms with van der Waals surface area (Å²) in [5, 5.41) is 2.72. The number of nitrogens with one attached hydrogen (secondary N) is 1. The first-order chi connectivity index (χ1) is 9.04. The molecule has 1 amide bonds.